The molecular formula is C14H22N4O. The van der Waals surface area contributed by atoms with Crippen LogP contribution in [0.3, 0.4) is 0 Å². The maximum absolute atomic E-state index is 11.3. The summed E-state index contributed by atoms with van der Waals surface area (Å²) < 4.78 is 0. The van der Waals surface area contributed by atoms with Crippen LogP contribution in [-0.4, -0.2) is 23.5 Å². The van der Waals surface area contributed by atoms with Gasteiger partial charge in [-0.15, -0.1) is 0 Å². The molecule has 1 amide bonds. The summed E-state index contributed by atoms with van der Waals surface area (Å²) >= 11 is 0. The number of carbonyl (C=O) groups is 1. The van der Waals surface area contributed by atoms with E-state index >= 15 is 0 Å². The van der Waals surface area contributed by atoms with E-state index in [9.17, 15) is 4.79 Å². The summed E-state index contributed by atoms with van der Waals surface area (Å²) in [6.07, 6.45) is 3.63. The summed E-state index contributed by atoms with van der Waals surface area (Å²) in [5.74, 6) is 0.595. The lowest BCUT2D eigenvalue weighted by molar-refractivity contribution is -0.122. The van der Waals surface area contributed by atoms with E-state index < -0.39 is 0 Å². The molecule has 5 nitrogen and oxygen atoms in total. The first-order valence-electron chi connectivity index (χ1n) is 6.76. The lowest BCUT2D eigenvalue weighted by atomic mass is 9.93. The number of amides is 1. The van der Waals surface area contributed by atoms with E-state index in [2.05, 4.69) is 16.8 Å². The number of piperidine rings is 1. The fraction of sp³-hybridized carbons (Fsp3) is 0.571. The van der Waals surface area contributed by atoms with Crippen molar-refractivity contribution in [1.82, 2.24) is 4.98 Å². The summed E-state index contributed by atoms with van der Waals surface area (Å²) in [5, 5.41) is 0. The highest BCUT2D eigenvalue weighted by molar-refractivity contribution is 5.77. The topological polar surface area (TPSA) is 85.2 Å². The molecule has 3 unspecified atom stereocenters. The molecule has 5 heteroatoms. The molecule has 0 aliphatic carbocycles. The fourth-order valence-corrected chi connectivity index (χ4v) is 2.50. The van der Waals surface area contributed by atoms with E-state index in [1.54, 1.807) is 6.20 Å². The number of carbonyl (C=O) groups excluding carboxylic acids is 1. The lowest BCUT2D eigenvalue weighted by Crippen LogP contribution is -2.46. The zero-order valence-corrected chi connectivity index (χ0v) is 11.5. The van der Waals surface area contributed by atoms with Gasteiger partial charge in [-0.05, 0) is 38.3 Å². The Balaban J connectivity index is 2.16. The Bertz CT molecular complexity index is 443. The monoisotopic (exact) mass is 262 g/mol. The SMILES string of the molecule is CC(N)c1ccc(N2CC(C(N)=O)CCC2C)nc1. The average molecular weight is 262 g/mol. The number of aromatic nitrogens is 1. The van der Waals surface area contributed by atoms with Crippen LogP contribution >= 0.6 is 0 Å². The van der Waals surface area contributed by atoms with E-state index in [4.69, 9.17) is 11.5 Å². The first-order chi connectivity index (χ1) is 8.99. The van der Waals surface area contributed by atoms with Gasteiger partial charge in [0.1, 0.15) is 5.82 Å². The normalized spacial score (nSPS) is 25.1. The Morgan fingerprint density at radius 3 is 2.74 bits per heavy atom. The van der Waals surface area contributed by atoms with Crippen molar-refractivity contribution in [3.8, 4) is 0 Å². The Morgan fingerprint density at radius 2 is 2.21 bits per heavy atom. The third-order valence-electron chi connectivity index (χ3n) is 3.88. The minimum Gasteiger partial charge on any atom is -0.369 e. The van der Waals surface area contributed by atoms with E-state index in [0.29, 0.717) is 12.6 Å². The molecule has 0 radical (unpaired) electrons. The van der Waals surface area contributed by atoms with Gasteiger partial charge in [-0.1, -0.05) is 6.07 Å². The van der Waals surface area contributed by atoms with E-state index in [1.165, 1.54) is 0 Å². The van der Waals surface area contributed by atoms with Crippen LogP contribution in [0.15, 0.2) is 18.3 Å². The Hall–Kier alpha value is -1.62. The van der Waals surface area contributed by atoms with Crippen LogP contribution in [0.1, 0.15) is 38.3 Å². The van der Waals surface area contributed by atoms with Gasteiger partial charge in [0.05, 0.1) is 5.92 Å². The molecule has 19 heavy (non-hydrogen) atoms. The number of nitrogens with zero attached hydrogens (tertiary/aromatic N) is 2. The van der Waals surface area contributed by atoms with Crippen LogP contribution in [0.2, 0.25) is 0 Å². The van der Waals surface area contributed by atoms with Crippen molar-refractivity contribution in [3.05, 3.63) is 23.9 Å². The number of anilines is 1. The minimum atomic E-state index is -0.218. The van der Waals surface area contributed by atoms with Crippen LogP contribution in [0, 0.1) is 5.92 Å². The number of primary amides is 1. The smallest absolute Gasteiger partial charge is 0.222 e. The van der Waals surface area contributed by atoms with Crippen molar-refractivity contribution in [1.29, 1.82) is 0 Å². The average Bonchev–Trinajstić information content (AvgIpc) is 2.39. The predicted molar refractivity (Wildman–Crippen MR) is 75.6 cm³/mol. The van der Waals surface area contributed by atoms with Crippen LogP contribution in [0.5, 0.6) is 0 Å². The van der Waals surface area contributed by atoms with Gasteiger partial charge in [0.2, 0.25) is 5.91 Å². The van der Waals surface area contributed by atoms with Gasteiger partial charge in [0, 0.05) is 24.8 Å². The fourth-order valence-electron chi connectivity index (χ4n) is 2.50. The summed E-state index contributed by atoms with van der Waals surface area (Å²) in [6, 6.07) is 4.33. The number of pyridine rings is 1. The Kier molecular flexibility index (Phi) is 4.04. The van der Waals surface area contributed by atoms with Crippen molar-refractivity contribution in [2.24, 2.45) is 17.4 Å². The third-order valence-corrected chi connectivity index (χ3v) is 3.88. The third kappa shape index (κ3) is 3.04. The van der Waals surface area contributed by atoms with Gasteiger partial charge in [-0.2, -0.15) is 0 Å². The molecule has 4 N–H and O–H groups in total. The predicted octanol–water partition coefficient (Wildman–Crippen LogP) is 1.19. The zero-order valence-electron chi connectivity index (χ0n) is 11.5. The van der Waals surface area contributed by atoms with Gasteiger partial charge >= 0.3 is 0 Å². The van der Waals surface area contributed by atoms with Crippen LogP contribution in [0.25, 0.3) is 0 Å². The van der Waals surface area contributed by atoms with E-state index in [-0.39, 0.29) is 17.9 Å². The van der Waals surface area contributed by atoms with Crippen molar-refractivity contribution in [2.45, 2.75) is 38.8 Å². The molecule has 0 spiro atoms. The Labute approximate surface area is 114 Å². The second-order valence-corrected chi connectivity index (χ2v) is 5.42. The molecular weight excluding hydrogens is 240 g/mol. The van der Waals surface area contributed by atoms with Gasteiger partial charge in [0.25, 0.3) is 0 Å². The van der Waals surface area contributed by atoms with Gasteiger partial charge in [-0.25, -0.2) is 4.98 Å². The number of hydrogen-bond donors (Lipinski definition) is 2. The highest BCUT2D eigenvalue weighted by atomic mass is 16.1. The van der Waals surface area contributed by atoms with Gasteiger partial charge in [-0.3, -0.25) is 4.79 Å². The van der Waals surface area contributed by atoms with Crippen LogP contribution < -0.4 is 16.4 Å². The van der Waals surface area contributed by atoms with Crippen molar-refractivity contribution < 1.29 is 4.79 Å². The molecule has 104 valence electrons. The molecule has 0 bridgehead atoms. The molecule has 0 saturated carbocycles. The van der Waals surface area contributed by atoms with Crippen LogP contribution in [0.4, 0.5) is 5.82 Å². The van der Waals surface area contributed by atoms with Gasteiger partial charge < -0.3 is 16.4 Å². The maximum atomic E-state index is 11.3. The summed E-state index contributed by atoms with van der Waals surface area (Å²) in [6.45, 7) is 4.74. The van der Waals surface area contributed by atoms with Gasteiger partial charge in [0.15, 0.2) is 0 Å². The molecule has 0 aromatic carbocycles. The summed E-state index contributed by atoms with van der Waals surface area (Å²) in [5.41, 5.74) is 12.2. The molecule has 1 aliphatic heterocycles. The zero-order chi connectivity index (χ0) is 14.0. The molecule has 3 atom stereocenters. The summed E-state index contributed by atoms with van der Waals surface area (Å²) in [4.78, 5) is 18.0. The minimum absolute atomic E-state index is 0.0151. The Morgan fingerprint density at radius 1 is 1.47 bits per heavy atom. The molecule has 1 aromatic rings. The molecule has 1 fully saturated rings. The van der Waals surface area contributed by atoms with Crippen LogP contribution in [-0.2, 0) is 4.79 Å². The molecule has 1 saturated heterocycles. The second kappa shape index (κ2) is 5.57. The number of rotatable bonds is 3. The highest BCUT2D eigenvalue weighted by Crippen LogP contribution is 2.26. The van der Waals surface area contributed by atoms with E-state index in [0.717, 1.165) is 24.2 Å². The second-order valence-electron chi connectivity index (χ2n) is 5.42. The van der Waals surface area contributed by atoms with Crippen molar-refractivity contribution in [3.63, 3.8) is 0 Å². The lowest BCUT2D eigenvalue weighted by Gasteiger charge is -2.37. The summed E-state index contributed by atoms with van der Waals surface area (Å²) in [7, 11) is 0. The molecule has 1 aliphatic rings. The largest absolute Gasteiger partial charge is 0.369 e. The molecule has 2 heterocycles. The number of nitrogens with two attached hydrogens (primary N) is 2. The van der Waals surface area contributed by atoms with Crippen molar-refractivity contribution >= 4 is 11.7 Å². The first kappa shape index (κ1) is 13.8. The molecule has 1 aromatic heterocycles. The quantitative estimate of drug-likeness (QED) is 0.857. The first-order valence-corrected chi connectivity index (χ1v) is 6.76. The standard InChI is InChI=1S/C14H22N4O/c1-9-3-4-12(14(16)19)8-18(9)13-6-5-11(7-17-13)10(2)15/h5-7,9-10,12H,3-4,8,15H2,1-2H3,(H2,16,19). The molecule has 2 rings (SSSR count). The highest BCUT2D eigenvalue weighted by Gasteiger charge is 2.29. The number of hydrogen-bond acceptors (Lipinski definition) is 4. The van der Waals surface area contributed by atoms with E-state index in [1.807, 2.05) is 19.1 Å². The maximum Gasteiger partial charge on any atom is 0.222 e. The van der Waals surface area contributed by atoms with Crippen molar-refractivity contribution in [2.75, 3.05) is 11.4 Å².